The van der Waals surface area contributed by atoms with Gasteiger partial charge in [-0.3, -0.25) is 0 Å². The zero-order chi connectivity index (χ0) is 11.6. The standard InChI is InChI=1S/C11H24N2O2/c1-11(2)14-9(7-12(3)4)10(15-11)8-13(5)6/h9-10H,7-8H2,1-6H3. The van der Waals surface area contributed by atoms with E-state index in [1.54, 1.807) is 0 Å². The van der Waals surface area contributed by atoms with E-state index in [1.807, 2.05) is 13.8 Å². The fourth-order valence-electron chi connectivity index (χ4n) is 1.94. The maximum atomic E-state index is 5.88. The molecule has 0 aromatic rings. The monoisotopic (exact) mass is 216 g/mol. The highest BCUT2D eigenvalue weighted by molar-refractivity contribution is 4.84. The Morgan fingerprint density at radius 2 is 1.20 bits per heavy atom. The summed E-state index contributed by atoms with van der Waals surface area (Å²) in [6.07, 6.45) is 0.329. The van der Waals surface area contributed by atoms with E-state index in [-0.39, 0.29) is 12.2 Å². The molecule has 1 fully saturated rings. The molecule has 0 radical (unpaired) electrons. The lowest BCUT2D eigenvalue weighted by molar-refractivity contribution is -0.148. The summed E-state index contributed by atoms with van der Waals surface area (Å²) in [6, 6.07) is 0. The topological polar surface area (TPSA) is 24.9 Å². The zero-order valence-corrected chi connectivity index (χ0v) is 10.8. The molecule has 15 heavy (non-hydrogen) atoms. The van der Waals surface area contributed by atoms with Crippen LogP contribution in [-0.4, -0.2) is 69.1 Å². The molecule has 0 N–H and O–H groups in total. The highest BCUT2D eigenvalue weighted by Crippen LogP contribution is 2.28. The van der Waals surface area contributed by atoms with Crippen LogP contribution in [0.1, 0.15) is 13.8 Å². The van der Waals surface area contributed by atoms with Crippen LogP contribution in [0.4, 0.5) is 0 Å². The average molecular weight is 216 g/mol. The quantitative estimate of drug-likeness (QED) is 0.688. The van der Waals surface area contributed by atoms with Crippen molar-refractivity contribution in [1.82, 2.24) is 9.80 Å². The molecule has 0 saturated carbocycles. The number of nitrogens with zero attached hydrogens (tertiary/aromatic N) is 2. The molecule has 4 nitrogen and oxygen atoms in total. The fraction of sp³-hybridized carbons (Fsp3) is 1.00. The molecule has 1 aliphatic heterocycles. The van der Waals surface area contributed by atoms with Crippen LogP contribution in [0, 0.1) is 0 Å². The molecule has 2 unspecified atom stereocenters. The molecule has 0 aromatic heterocycles. The molecule has 1 saturated heterocycles. The van der Waals surface area contributed by atoms with Crippen molar-refractivity contribution in [3.63, 3.8) is 0 Å². The number of hydrogen-bond donors (Lipinski definition) is 0. The minimum absolute atomic E-state index is 0.164. The van der Waals surface area contributed by atoms with Gasteiger partial charge in [-0.1, -0.05) is 0 Å². The van der Waals surface area contributed by atoms with E-state index in [2.05, 4.69) is 38.0 Å². The lowest BCUT2D eigenvalue weighted by atomic mass is 10.2. The van der Waals surface area contributed by atoms with Gasteiger partial charge in [0.2, 0.25) is 0 Å². The van der Waals surface area contributed by atoms with Crippen LogP contribution in [0.5, 0.6) is 0 Å². The van der Waals surface area contributed by atoms with Gasteiger partial charge >= 0.3 is 0 Å². The van der Waals surface area contributed by atoms with Gasteiger partial charge in [0.15, 0.2) is 5.79 Å². The minimum atomic E-state index is -0.443. The fourth-order valence-corrected chi connectivity index (χ4v) is 1.94. The van der Waals surface area contributed by atoms with E-state index in [1.165, 1.54) is 0 Å². The highest BCUT2D eigenvalue weighted by atomic mass is 16.8. The molecule has 2 atom stereocenters. The Hall–Kier alpha value is -0.160. The smallest absolute Gasteiger partial charge is 0.163 e. The van der Waals surface area contributed by atoms with Gasteiger partial charge in [0.1, 0.15) is 12.2 Å². The predicted molar refractivity (Wildman–Crippen MR) is 60.9 cm³/mol. The van der Waals surface area contributed by atoms with Gasteiger partial charge in [0, 0.05) is 13.1 Å². The van der Waals surface area contributed by atoms with E-state index in [0.717, 1.165) is 13.1 Å². The molecule has 1 heterocycles. The van der Waals surface area contributed by atoms with Crippen LogP contribution in [-0.2, 0) is 9.47 Å². The van der Waals surface area contributed by atoms with Crippen LogP contribution in [0.25, 0.3) is 0 Å². The van der Waals surface area contributed by atoms with Crippen molar-refractivity contribution in [2.24, 2.45) is 0 Å². The van der Waals surface area contributed by atoms with Crippen molar-refractivity contribution in [1.29, 1.82) is 0 Å². The van der Waals surface area contributed by atoms with E-state index in [0.29, 0.717) is 0 Å². The van der Waals surface area contributed by atoms with E-state index < -0.39 is 5.79 Å². The molecule has 90 valence electrons. The van der Waals surface area contributed by atoms with Crippen LogP contribution in [0.2, 0.25) is 0 Å². The normalized spacial score (nSPS) is 30.4. The maximum Gasteiger partial charge on any atom is 0.163 e. The Bertz CT molecular complexity index is 185. The van der Waals surface area contributed by atoms with Gasteiger partial charge in [-0.25, -0.2) is 0 Å². The second-order valence-electron chi connectivity index (χ2n) is 5.24. The SMILES string of the molecule is CN(C)CC1OC(C)(C)OC1CN(C)C. The third-order valence-corrected chi connectivity index (χ3v) is 2.38. The summed E-state index contributed by atoms with van der Waals surface area (Å²) in [4.78, 5) is 4.27. The number of rotatable bonds is 4. The van der Waals surface area contributed by atoms with Crippen molar-refractivity contribution >= 4 is 0 Å². The van der Waals surface area contributed by atoms with E-state index >= 15 is 0 Å². The van der Waals surface area contributed by atoms with Crippen molar-refractivity contribution < 1.29 is 9.47 Å². The van der Waals surface area contributed by atoms with Crippen molar-refractivity contribution in [3.05, 3.63) is 0 Å². The summed E-state index contributed by atoms with van der Waals surface area (Å²) >= 11 is 0. The Morgan fingerprint density at radius 3 is 1.47 bits per heavy atom. The highest BCUT2D eigenvalue weighted by Gasteiger charge is 2.41. The molecule has 0 bridgehead atoms. The molecule has 0 spiro atoms. The molecule has 1 aliphatic rings. The lowest BCUT2D eigenvalue weighted by Gasteiger charge is -2.22. The van der Waals surface area contributed by atoms with Gasteiger partial charge in [0.05, 0.1) is 0 Å². The van der Waals surface area contributed by atoms with Gasteiger partial charge in [-0.15, -0.1) is 0 Å². The average Bonchev–Trinajstić information content (AvgIpc) is 2.22. The summed E-state index contributed by atoms with van der Waals surface area (Å²) in [6.45, 7) is 5.76. The van der Waals surface area contributed by atoms with Gasteiger partial charge in [-0.05, 0) is 42.0 Å². The summed E-state index contributed by atoms with van der Waals surface area (Å²) in [5, 5.41) is 0. The van der Waals surface area contributed by atoms with Crippen molar-refractivity contribution in [2.75, 3.05) is 41.3 Å². The first-order chi connectivity index (χ1) is 6.80. The van der Waals surface area contributed by atoms with Gasteiger partial charge < -0.3 is 19.3 Å². The molecule has 4 heteroatoms. The molecular formula is C11H24N2O2. The summed E-state index contributed by atoms with van der Waals surface area (Å²) < 4.78 is 11.8. The Labute approximate surface area is 93.1 Å². The summed E-state index contributed by atoms with van der Waals surface area (Å²) in [5.41, 5.74) is 0. The summed E-state index contributed by atoms with van der Waals surface area (Å²) in [7, 11) is 8.23. The van der Waals surface area contributed by atoms with E-state index in [9.17, 15) is 0 Å². The maximum absolute atomic E-state index is 5.88. The predicted octanol–water partition coefficient (Wildman–Crippen LogP) is 0.630. The minimum Gasteiger partial charge on any atom is -0.343 e. The lowest BCUT2D eigenvalue weighted by Crippen LogP contribution is -2.39. The Kier molecular flexibility index (Phi) is 4.12. The number of ether oxygens (including phenoxy) is 2. The number of likely N-dealkylation sites (N-methyl/N-ethyl adjacent to an activating group) is 2. The Morgan fingerprint density at radius 1 is 0.867 bits per heavy atom. The van der Waals surface area contributed by atoms with Gasteiger partial charge in [-0.2, -0.15) is 0 Å². The van der Waals surface area contributed by atoms with Gasteiger partial charge in [0.25, 0.3) is 0 Å². The van der Waals surface area contributed by atoms with Crippen molar-refractivity contribution in [2.45, 2.75) is 31.8 Å². The van der Waals surface area contributed by atoms with Crippen LogP contribution < -0.4 is 0 Å². The first-order valence-electron chi connectivity index (χ1n) is 5.45. The van der Waals surface area contributed by atoms with Crippen LogP contribution in [0.3, 0.4) is 0 Å². The third kappa shape index (κ3) is 4.07. The van der Waals surface area contributed by atoms with Crippen molar-refractivity contribution in [3.8, 4) is 0 Å². The Balaban J connectivity index is 2.57. The molecule has 1 rings (SSSR count). The first kappa shape index (κ1) is 12.9. The largest absolute Gasteiger partial charge is 0.343 e. The molecule has 0 aromatic carbocycles. The molecule has 0 aliphatic carbocycles. The summed E-state index contributed by atoms with van der Waals surface area (Å²) in [5.74, 6) is -0.443. The number of hydrogen-bond acceptors (Lipinski definition) is 4. The molecule has 0 amide bonds. The first-order valence-corrected chi connectivity index (χ1v) is 5.45. The van der Waals surface area contributed by atoms with Crippen LogP contribution >= 0.6 is 0 Å². The third-order valence-electron chi connectivity index (χ3n) is 2.38. The van der Waals surface area contributed by atoms with Crippen LogP contribution in [0.15, 0.2) is 0 Å². The second-order valence-corrected chi connectivity index (χ2v) is 5.24. The molecular weight excluding hydrogens is 192 g/mol. The van der Waals surface area contributed by atoms with E-state index in [4.69, 9.17) is 9.47 Å². The second kappa shape index (κ2) is 4.78. The zero-order valence-electron chi connectivity index (χ0n) is 10.8.